The standard InChI is InChI=1S/C7H14NO3/c1-5(2)6(9)7(10)8(3)11-4/h5-6,9H,1H2,2-4H3. The van der Waals surface area contributed by atoms with Crippen LogP contribution in [-0.2, 0) is 9.63 Å². The zero-order valence-electron chi connectivity index (χ0n) is 7.07. The summed E-state index contributed by atoms with van der Waals surface area (Å²) in [6.45, 7) is 5.18. The Morgan fingerprint density at radius 2 is 2.18 bits per heavy atom. The molecule has 0 rings (SSSR count). The van der Waals surface area contributed by atoms with Crippen LogP contribution in [0.2, 0.25) is 0 Å². The summed E-state index contributed by atoms with van der Waals surface area (Å²) in [5.41, 5.74) is 0. The van der Waals surface area contributed by atoms with E-state index < -0.39 is 12.0 Å². The molecule has 0 aliphatic rings. The lowest BCUT2D eigenvalue weighted by atomic mass is 10.1. The van der Waals surface area contributed by atoms with Gasteiger partial charge in [-0.05, 0) is 12.8 Å². The third-order valence-corrected chi connectivity index (χ3v) is 1.38. The van der Waals surface area contributed by atoms with E-state index in [0.717, 1.165) is 5.06 Å². The maximum atomic E-state index is 11.0. The second-order valence-corrected chi connectivity index (χ2v) is 2.44. The van der Waals surface area contributed by atoms with E-state index in [-0.39, 0.29) is 5.92 Å². The topological polar surface area (TPSA) is 49.8 Å². The van der Waals surface area contributed by atoms with E-state index in [0.29, 0.717) is 0 Å². The molecular formula is C7H14NO3. The highest BCUT2D eigenvalue weighted by Gasteiger charge is 2.22. The van der Waals surface area contributed by atoms with Gasteiger partial charge in [-0.2, -0.15) is 0 Å². The average molecular weight is 160 g/mol. The molecule has 11 heavy (non-hydrogen) atoms. The fourth-order valence-corrected chi connectivity index (χ4v) is 0.520. The van der Waals surface area contributed by atoms with E-state index in [1.165, 1.54) is 14.2 Å². The number of hydrogen-bond donors (Lipinski definition) is 1. The maximum Gasteiger partial charge on any atom is 0.274 e. The van der Waals surface area contributed by atoms with E-state index in [1.54, 1.807) is 6.92 Å². The number of likely N-dealkylation sites (N-methyl/N-ethyl adjacent to an activating group) is 1. The normalized spacial score (nSPS) is 13.3. The van der Waals surface area contributed by atoms with Crippen LogP contribution in [0.4, 0.5) is 0 Å². The fourth-order valence-electron chi connectivity index (χ4n) is 0.520. The molecule has 1 radical (unpaired) electrons. The van der Waals surface area contributed by atoms with Crippen LogP contribution in [0.3, 0.4) is 0 Å². The summed E-state index contributed by atoms with van der Waals surface area (Å²) in [4.78, 5) is 15.6. The lowest BCUT2D eigenvalue weighted by molar-refractivity contribution is -0.179. The highest BCUT2D eigenvalue weighted by molar-refractivity contribution is 5.79. The summed E-state index contributed by atoms with van der Waals surface area (Å²) in [7, 11) is 2.80. The molecule has 0 aromatic rings. The van der Waals surface area contributed by atoms with Gasteiger partial charge >= 0.3 is 0 Å². The predicted molar refractivity (Wildman–Crippen MR) is 40.3 cm³/mol. The van der Waals surface area contributed by atoms with E-state index in [4.69, 9.17) is 5.11 Å². The quantitative estimate of drug-likeness (QED) is 0.583. The maximum absolute atomic E-state index is 11.0. The van der Waals surface area contributed by atoms with E-state index >= 15 is 0 Å². The molecule has 0 fully saturated rings. The summed E-state index contributed by atoms with van der Waals surface area (Å²) < 4.78 is 0. The van der Waals surface area contributed by atoms with Crippen molar-refractivity contribution < 1.29 is 14.7 Å². The van der Waals surface area contributed by atoms with Crippen LogP contribution in [0.1, 0.15) is 6.92 Å². The lowest BCUT2D eigenvalue weighted by Crippen LogP contribution is -2.38. The highest BCUT2D eigenvalue weighted by atomic mass is 16.7. The number of hydrogen-bond acceptors (Lipinski definition) is 3. The molecule has 0 saturated carbocycles. The summed E-state index contributed by atoms with van der Waals surface area (Å²) in [6.07, 6.45) is -1.08. The molecule has 0 aliphatic carbocycles. The minimum absolute atomic E-state index is 0.333. The van der Waals surface area contributed by atoms with Gasteiger partial charge < -0.3 is 5.11 Å². The predicted octanol–water partition coefficient (Wildman–Crippen LogP) is -0.163. The molecule has 0 aromatic carbocycles. The first-order valence-corrected chi connectivity index (χ1v) is 3.33. The number of carbonyl (C=O) groups is 1. The minimum Gasteiger partial charge on any atom is -0.383 e. The van der Waals surface area contributed by atoms with Gasteiger partial charge in [-0.25, -0.2) is 5.06 Å². The Balaban J connectivity index is 4.02. The fraction of sp³-hybridized carbons (Fsp3) is 0.714. The Hall–Kier alpha value is -0.610. The number of amides is 1. The largest absolute Gasteiger partial charge is 0.383 e. The van der Waals surface area contributed by atoms with Crippen LogP contribution < -0.4 is 0 Å². The van der Waals surface area contributed by atoms with Crippen molar-refractivity contribution in [2.75, 3.05) is 14.2 Å². The van der Waals surface area contributed by atoms with Crippen molar-refractivity contribution in [3.63, 3.8) is 0 Å². The molecule has 2 atom stereocenters. The number of hydroxylamine groups is 2. The molecular weight excluding hydrogens is 146 g/mol. The van der Waals surface area contributed by atoms with Crippen LogP contribution in [0.25, 0.3) is 0 Å². The van der Waals surface area contributed by atoms with Crippen molar-refractivity contribution in [1.29, 1.82) is 0 Å². The van der Waals surface area contributed by atoms with Crippen LogP contribution in [-0.4, -0.2) is 36.3 Å². The van der Waals surface area contributed by atoms with Gasteiger partial charge in [0.25, 0.3) is 5.91 Å². The zero-order valence-corrected chi connectivity index (χ0v) is 7.07. The van der Waals surface area contributed by atoms with Crippen molar-refractivity contribution in [3.8, 4) is 0 Å². The summed E-state index contributed by atoms with van der Waals surface area (Å²) in [5.74, 6) is -0.810. The first kappa shape index (κ1) is 10.4. The average Bonchev–Trinajstić information content (AvgIpc) is 2.00. The second-order valence-electron chi connectivity index (χ2n) is 2.44. The van der Waals surface area contributed by atoms with Crippen LogP contribution >= 0.6 is 0 Å². The molecule has 65 valence electrons. The number of rotatable bonds is 3. The summed E-state index contributed by atoms with van der Waals surface area (Å²) in [6, 6.07) is 0. The number of carbonyl (C=O) groups excluding carboxylic acids is 1. The summed E-state index contributed by atoms with van der Waals surface area (Å²) in [5, 5.41) is 10.1. The van der Waals surface area contributed by atoms with Gasteiger partial charge in [0.1, 0.15) is 6.10 Å². The Labute approximate surface area is 66.7 Å². The van der Waals surface area contributed by atoms with E-state index in [1.807, 2.05) is 0 Å². The van der Waals surface area contributed by atoms with Crippen LogP contribution in [0.15, 0.2) is 0 Å². The molecule has 4 nitrogen and oxygen atoms in total. The number of nitrogens with zero attached hydrogens (tertiary/aromatic N) is 1. The molecule has 1 amide bonds. The van der Waals surface area contributed by atoms with Crippen molar-refractivity contribution in [1.82, 2.24) is 5.06 Å². The van der Waals surface area contributed by atoms with Crippen LogP contribution in [0.5, 0.6) is 0 Å². The van der Waals surface area contributed by atoms with Gasteiger partial charge in [0.15, 0.2) is 0 Å². The summed E-state index contributed by atoms with van der Waals surface area (Å²) >= 11 is 0. The zero-order chi connectivity index (χ0) is 9.02. The van der Waals surface area contributed by atoms with E-state index in [2.05, 4.69) is 11.8 Å². The molecule has 0 bridgehead atoms. The molecule has 0 aliphatic heterocycles. The third kappa shape index (κ3) is 2.86. The number of aliphatic hydroxyl groups is 1. The molecule has 2 unspecified atom stereocenters. The molecule has 0 aromatic heterocycles. The van der Waals surface area contributed by atoms with Gasteiger partial charge in [-0.15, -0.1) is 0 Å². The lowest BCUT2D eigenvalue weighted by Gasteiger charge is -2.19. The first-order chi connectivity index (χ1) is 5.00. The Bertz CT molecular complexity index is 136. The van der Waals surface area contributed by atoms with Crippen molar-refractivity contribution in [2.45, 2.75) is 13.0 Å². The SMILES string of the molecule is [CH2]C(C)C(O)C(=O)N(C)OC. The highest BCUT2D eigenvalue weighted by Crippen LogP contribution is 2.03. The minimum atomic E-state index is -1.08. The number of aliphatic hydroxyl groups excluding tert-OH is 1. The third-order valence-electron chi connectivity index (χ3n) is 1.38. The second kappa shape index (κ2) is 4.31. The van der Waals surface area contributed by atoms with E-state index in [9.17, 15) is 4.79 Å². The molecule has 1 N–H and O–H groups in total. The molecule has 0 heterocycles. The van der Waals surface area contributed by atoms with Crippen molar-refractivity contribution >= 4 is 5.91 Å². The van der Waals surface area contributed by atoms with Crippen LogP contribution in [0, 0.1) is 12.8 Å². The first-order valence-electron chi connectivity index (χ1n) is 3.33. The van der Waals surface area contributed by atoms with Gasteiger partial charge in [0.2, 0.25) is 0 Å². The van der Waals surface area contributed by atoms with Gasteiger partial charge in [-0.1, -0.05) is 6.92 Å². The van der Waals surface area contributed by atoms with Crippen molar-refractivity contribution in [3.05, 3.63) is 6.92 Å². The Kier molecular flexibility index (Phi) is 4.07. The monoisotopic (exact) mass is 160 g/mol. The van der Waals surface area contributed by atoms with Gasteiger partial charge in [-0.3, -0.25) is 9.63 Å². The molecule has 0 saturated heterocycles. The van der Waals surface area contributed by atoms with Gasteiger partial charge in [0, 0.05) is 7.05 Å². The molecule has 4 heteroatoms. The van der Waals surface area contributed by atoms with Gasteiger partial charge in [0.05, 0.1) is 7.11 Å². The Morgan fingerprint density at radius 1 is 1.73 bits per heavy atom. The Morgan fingerprint density at radius 3 is 2.45 bits per heavy atom. The smallest absolute Gasteiger partial charge is 0.274 e. The van der Waals surface area contributed by atoms with Crippen molar-refractivity contribution in [2.24, 2.45) is 5.92 Å². The molecule has 0 spiro atoms.